The Kier molecular flexibility index (Phi) is 3.24. The van der Waals surface area contributed by atoms with Crippen molar-refractivity contribution in [3.8, 4) is 6.01 Å². The second-order valence-corrected chi connectivity index (χ2v) is 3.85. The molecule has 1 rings (SSSR count). The van der Waals surface area contributed by atoms with E-state index in [4.69, 9.17) is 15.9 Å². The zero-order valence-electron chi connectivity index (χ0n) is 9.24. The number of hydrogen-bond acceptors (Lipinski definition) is 4. The van der Waals surface area contributed by atoms with Gasteiger partial charge in [0.25, 0.3) is 0 Å². The van der Waals surface area contributed by atoms with Crippen LogP contribution in [0.4, 0.5) is 0 Å². The monoisotopic (exact) mass is 208 g/mol. The lowest BCUT2D eigenvalue weighted by atomic mass is 10.1. The van der Waals surface area contributed by atoms with Gasteiger partial charge in [-0.2, -0.15) is 4.98 Å². The first-order valence-electron chi connectivity index (χ1n) is 4.81. The molecule has 0 amide bonds. The number of nitrogens with one attached hydrogen (secondary N) is 1. The molecule has 5 nitrogen and oxygen atoms in total. The van der Waals surface area contributed by atoms with Gasteiger partial charge in [0.2, 0.25) is 0 Å². The van der Waals surface area contributed by atoms with Crippen LogP contribution in [0.25, 0.3) is 0 Å². The highest BCUT2D eigenvalue weighted by Gasteiger charge is 2.18. The van der Waals surface area contributed by atoms with E-state index in [1.54, 1.807) is 6.07 Å². The van der Waals surface area contributed by atoms with E-state index in [1.807, 2.05) is 20.8 Å². The van der Waals surface area contributed by atoms with Gasteiger partial charge in [-0.25, -0.2) is 4.98 Å². The molecule has 82 valence electrons. The largest absolute Gasteiger partial charge is 0.457 e. The van der Waals surface area contributed by atoms with E-state index in [0.29, 0.717) is 5.69 Å². The van der Waals surface area contributed by atoms with E-state index in [9.17, 15) is 0 Å². The van der Waals surface area contributed by atoms with Gasteiger partial charge in [-0.1, -0.05) is 6.92 Å². The molecule has 1 aromatic heterocycles. The van der Waals surface area contributed by atoms with Crippen molar-refractivity contribution in [1.82, 2.24) is 9.97 Å². The Morgan fingerprint density at radius 3 is 2.80 bits per heavy atom. The maximum atomic E-state index is 7.24. The predicted octanol–water partition coefficient (Wildman–Crippen LogP) is 1.33. The van der Waals surface area contributed by atoms with Crippen molar-refractivity contribution >= 4 is 5.84 Å². The molecule has 15 heavy (non-hydrogen) atoms. The van der Waals surface area contributed by atoms with Gasteiger partial charge < -0.3 is 10.5 Å². The standard InChI is InChI=1S/C10H16N4O/c1-4-10(2,3)15-9-13-6-5-7(14-9)8(11)12/h5-6H,4H2,1-3H3,(H3,11,12). The normalized spacial score (nSPS) is 11.1. The van der Waals surface area contributed by atoms with E-state index in [-0.39, 0.29) is 17.4 Å². The van der Waals surface area contributed by atoms with Gasteiger partial charge in [-0.15, -0.1) is 0 Å². The first kappa shape index (κ1) is 11.4. The van der Waals surface area contributed by atoms with Crippen LogP contribution in [0.5, 0.6) is 6.01 Å². The van der Waals surface area contributed by atoms with Crippen LogP contribution >= 0.6 is 0 Å². The summed E-state index contributed by atoms with van der Waals surface area (Å²) in [5.74, 6) is -0.0865. The van der Waals surface area contributed by atoms with Gasteiger partial charge in [0, 0.05) is 6.20 Å². The third-order valence-electron chi connectivity index (χ3n) is 2.13. The minimum Gasteiger partial charge on any atom is -0.457 e. The summed E-state index contributed by atoms with van der Waals surface area (Å²) in [7, 11) is 0. The number of hydrogen-bond donors (Lipinski definition) is 2. The van der Waals surface area contributed by atoms with E-state index < -0.39 is 0 Å². The Bertz CT molecular complexity index is 362. The molecule has 0 saturated carbocycles. The Labute approximate surface area is 89.2 Å². The lowest BCUT2D eigenvalue weighted by Gasteiger charge is -2.23. The van der Waals surface area contributed by atoms with Crippen molar-refractivity contribution in [2.24, 2.45) is 5.73 Å². The van der Waals surface area contributed by atoms with Crippen LogP contribution in [0, 0.1) is 5.41 Å². The van der Waals surface area contributed by atoms with Gasteiger partial charge in [0.05, 0.1) is 0 Å². The maximum Gasteiger partial charge on any atom is 0.317 e. The molecule has 0 aliphatic rings. The van der Waals surface area contributed by atoms with Crippen LogP contribution in [0.1, 0.15) is 32.9 Å². The molecule has 0 aliphatic carbocycles. The first-order chi connectivity index (χ1) is 6.94. The molecule has 0 saturated heterocycles. The third-order valence-corrected chi connectivity index (χ3v) is 2.13. The highest BCUT2D eigenvalue weighted by molar-refractivity contribution is 5.92. The Morgan fingerprint density at radius 1 is 1.60 bits per heavy atom. The van der Waals surface area contributed by atoms with Gasteiger partial charge >= 0.3 is 6.01 Å². The Hall–Kier alpha value is -1.65. The lowest BCUT2D eigenvalue weighted by molar-refractivity contribution is 0.0924. The molecule has 0 spiro atoms. The van der Waals surface area contributed by atoms with Gasteiger partial charge in [-0.05, 0) is 26.3 Å². The van der Waals surface area contributed by atoms with Crippen molar-refractivity contribution in [1.29, 1.82) is 5.41 Å². The highest BCUT2D eigenvalue weighted by atomic mass is 16.5. The number of aromatic nitrogens is 2. The van der Waals surface area contributed by atoms with Crippen LogP contribution in [0.3, 0.4) is 0 Å². The van der Waals surface area contributed by atoms with Crippen molar-refractivity contribution in [2.45, 2.75) is 32.8 Å². The molecule has 5 heteroatoms. The van der Waals surface area contributed by atoms with Crippen molar-refractivity contribution in [2.75, 3.05) is 0 Å². The topological polar surface area (TPSA) is 84.9 Å². The van der Waals surface area contributed by atoms with Gasteiger partial charge in [-0.3, -0.25) is 5.41 Å². The summed E-state index contributed by atoms with van der Waals surface area (Å²) in [6, 6.07) is 1.84. The molecule has 0 bridgehead atoms. The zero-order chi connectivity index (χ0) is 11.5. The minimum atomic E-state index is -0.310. The fourth-order valence-corrected chi connectivity index (χ4v) is 0.859. The number of nitrogens with zero attached hydrogens (tertiary/aromatic N) is 2. The minimum absolute atomic E-state index is 0.0865. The van der Waals surface area contributed by atoms with Crippen LogP contribution in [0.15, 0.2) is 12.3 Å². The summed E-state index contributed by atoms with van der Waals surface area (Å²) in [6.45, 7) is 5.93. The molecule has 1 heterocycles. The molecule has 1 aromatic rings. The quantitative estimate of drug-likeness (QED) is 0.577. The summed E-state index contributed by atoms with van der Waals surface area (Å²) < 4.78 is 5.57. The van der Waals surface area contributed by atoms with E-state index >= 15 is 0 Å². The molecule has 0 aliphatic heterocycles. The molecule has 0 radical (unpaired) electrons. The van der Waals surface area contributed by atoms with E-state index in [0.717, 1.165) is 6.42 Å². The second-order valence-electron chi connectivity index (χ2n) is 3.85. The van der Waals surface area contributed by atoms with E-state index in [1.165, 1.54) is 6.20 Å². The average Bonchev–Trinajstić information content (AvgIpc) is 2.17. The third kappa shape index (κ3) is 3.19. The molecule has 0 unspecified atom stereocenters. The van der Waals surface area contributed by atoms with Crippen molar-refractivity contribution in [3.63, 3.8) is 0 Å². The number of nitrogen functional groups attached to an aromatic ring is 1. The van der Waals surface area contributed by atoms with Crippen LogP contribution < -0.4 is 10.5 Å². The fraction of sp³-hybridized carbons (Fsp3) is 0.500. The molecule has 0 aromatic carbocycles. The highest BCUT2D eigenvalue weighted by Crippen LogP contribution is 2.16. The number of nitrogens with two attached hydrogens (primary N) is 1. The lowest BCUT2D eigenvalue weighted by Crippen LogP contribution is -2.28. The van der Waals surface area contributed by atoms with Crippen LogP contribution in [-0.4, -0.2) is 21.4 Å². The Morgan fingerprint density at radius 2 is 2.27 bits per heavy atom. The van der Waals surface area contributed by atoms with Crippen LogP contribution in [-0.2, 0) is 0 Å². The van der Waals surface area contributed by atoms with Crippen LogP contribution in [0.2, 0.25) is 0 Å². The number of amidine groups is 1. The SMILES string of the molecule is CCC(C)(C)Oc1nccc(C(=N)N)n1. The summed E-state index contributed by atoms with van der Waals surface area (Å²) in [6.07, 6.45) is 2.38. The molecular weight excluding hydrogens is 192 g/mol. The molecule has 0 fully saturated rings. The molecule has 3 N–H and O–H groups in total. The van der Waals surface area contributed by atoms with Crippen molar-refractivity contribution in [3.05, 3.63) is 18.0 Å². The summed E-state index contributed by atoms with van der Waals surface area (Å²) in [5.41, 5.74) is 5.39. The number of rotatable bonds is 4. The fourth-order valence-electron chi connectivity index (χ4n) is 0.859. The van der Waals surface area contributed by atoms with Gasteiger partial charge in [0.15, 0.2) is 0 Å². The van der Waals surface area contributed by atoms with E-state index in [2.05, 4.69) is 9.97 Å². The predicted molar refractivity (Wildman–Crippen MR) is 58.0 cm³/mol. The average molecular weight is 208 g/mol. The first-order valence-corrected chi connectivity index (χ1v) is 4.81. The summed E-state index contributed by atoms with van der Waals surface area (Å²) in [4.78, 5) is 7.99. The molecular formula is C10H16N4O. The smallest absolute Gasteiger partial charge is 0.317 e. The summed E-state index contributed by atoms with van der Waals surface area (Å²) in [5, 5.41) is 7.24. The molecule has 0 atom stereocenters. The van der Waals surface area contributed by atoms with Crippen molar-refractivity contribution < 1.29 is 4.74 Å². The Balaban J connectivity index is 2.87. The van der Waals surface area contributed by atoms with Gasteiger partial charge in [0.1, 0.15) is 17.1 Å². The summed E-state index contributed by atoms with van der Waals surface area (Å²) >= 11 is 0. The number of ether oxygens (including phenoxy) is 1. The zero-order valence-corrected chi connectivity index (χ0v) is 9.24. The second kappa shape index (κ2) is 4.25. The maximum absolute atomic E-state index is 7.24.